The number of hydrogen-bond acceptors (Lipinski definition) is 6. The van der Waals surface area contributed by atoms with Crippen LogP contribution in [0.4, 0.5) is 21.9 Å². The van der Waals surface area contributed by atoms with Crippen LogP contribution in [0.2, 0.25) is 5.02 Å². The van der Waals surface area contributed by atoms with E-state index in [1.807, 2.05) is 30.3 Å². The van der Waals surface area contributed by atoms with E-state index in [0.29, 0.717) is 61.8 Å². The molecule has 4 amide bonds. The molecule has 1 atom stereocenters. The highest BCUT2D eigenvalue weighted by atomic mass is 35.5. The van der Waals surface area contributed by atoms with Crippen molar-refractivity contribution in [2.45, 2.75) is 25.8 Å². The SMILES string of the molecule is CC(=O)N1CCCC(NC(=O)c2sc3nccc4c3c2NC(=O)N4c2ccc(Oc3ccccc3)c(Cl)c2)C1. The second kappa shape index (κ2) is 10.2. The van der Waals surface area contributed by atoms with E-state index in [1.165, 1.54) is 23.2 Å². The zero-order valence-electron chi connectivity index (χ0n) is 20.9. The van der Waals surface area contributed by atoms with E-state index in [1.54, 1.807) is 35.4 Å². The standard InChI is InChI=1S/C28H24ClN5O4S/c1-16(35)33-13-5-6-17(15-33)31-26(36)25-24-23-21(11-12-30-27(23)39-25)34(28(37)32-24)18-9-10-22(20(29)14-18)38-19-7-3-2-4-8-19/h2-4,7-12,14,17H,5-6,13,15H2,1H3,(H,31,36)(H,32,37). The molecule has 0 aliphatic carbocycles. The number of thiophene rings is 1. The number of piperidine rings is 1. The molecule has 4 aromatic rings. The first-order valence-corrected chi connectivity index (χ1v) is 13.7. The number of benzene rings is 2. The quantitative estimate of drug-likeness (QED) is 0.303. The molecule has 6 rings (SSSR count). The number of carbonyl (C=O) groups excluding carboxylic acids is 3. The van der Waals surface area contributed by atoms with Crippen molar-refractivity contribution < 1.29 is 19.1 Å². The smallest absolute Gasteiger partial charge is 0.331 e. The molecule has 2 N–H and O–H groups in total. The zero-order chi connectivity index (χ0) is 27.1. The number of urea groups is 1. The van der Waals surface area contributed by atoms with Gasteiger partial charge >= 0.3 is 6.03 Å². The predicted octanol–water partition coefficient (Wildman–Crippen LogP) is 6.17. The Morgan fingerprint density at radius 3 is 2.77 bits per heavy atom. The van der Waals surface area contributed by atoms with Gasteiger partial charge in [0.15, 0.2) is 0 Å². The van der Waals surface area contributed by atoms with Crippen LogP contribution in [0.25, 0.3) is 10.2 Å². The molecule has 1 saturated heterocycles. The number of ether oxygens (including phenoxy) is 1. The van der Waals surface area contributed by atoms with Gasteiger partial charge < -0.3 is 20.3 Å². The van der Waals surface area contributed by atoms with Gasteiger partial charge in [-0.15, -0.1) is 11.3 Å². The lowest BCUT2D eigenvalue weighted by molar-refractivity contribution is -0.130. The number of amides is 4. The Morgan fingerprint density at radius 1 is 1.18 bits per heavy atom. The average molecular weight is 562 g/mol. The lowest BCUT2D eigenvalue weighted by Gasteiger charge is -2.32. The topological polar surface area (TPSA) is 104 Å². The summed E-state index contributed by atoms with van der Waals surface area (Å²) in [6.45, 7) is 2.69. The second-order valence-electron chi connectivity index (χ2n) is 9.39. The molecular formula is C28H24ClN5O4S. The summed E-state index contributed by atoms with van der Waals surface area (Å²) in [5.41, 5.74) is 1.58. The lowest BCUT2D eigenvalue weighted by atomic mass is 10.1. The molecule has 1 fully saturated rings. The largest absolute Gasteiger partial charge is 0.456 e. The number of halogens is 1. The van der Waals surface area contributed by atoms with Gasteiger partial charge in [0, 0.05) is 32.3 Å². The highest BCUT2D eigenvalue weighted by Crippen LogP contribution is 2.46. The number of rotatable bonds is 5. The molecule has 4 heterocycles. The molecule has 198 valence electrons. The summed E-state index contributed by atoms with van der Waals surface area (Å²) in [4.78, 5) is 47.3. The molecule has 0 radical (unpaired) electrons. The van der Waals surface area contributed by atoms with E-state index in [-0.39, 0.29) is 17.9 Å². The molecule has 0 saturated carbocycles. The average Bonchev–Trinajstić information content (AvgIpc) is 3.30. The summed E-state index contributed by atoms with van der Waals surface area (Å²) in [6, 6.07) is 15.6. The van der Waals surface area contributed by atoms with Crippen molar-refractivity contribution in [1.82, 2.24) is 15.2 Å². The minimum absolute atomic E-state index is 0.00753. The Labute approximate surface area is 233 Å². The van der Waals surface area contributed by atoms with Crippen molar-refractivity contribution in [3.05, 3.63) is 70.7 Å². The van der Waals surface area contributed by atoms with Gasteiger partial charge in [-0.2, -0.15) is 0 Å². The molecule has 1 unspecified atom stereocenters. The van der Waals surface area contributed by atoms with Gasteiger partial charge in [-0.3, -0.25) is 14.5 Å². The van der Waals surface area contributed by atoms with Crippen molar-refractivity contribution in [2.75, 3.05) is 23.3 Å². The Bertz CT molecular complexity index is 1610. The Balaban J connectivity index is 1.30. The fraction of sp³-hybridized carbons (Fsp3) is 0.214. The van der Waals surface area contributed by atoms with Crippen molar-refractivity contribution in [1.29, 1.82) is 0 Å². The highest BCUT2D eigenvalue weighted by Gasteiger charge is 2.34. The number of hydrogen-bond donors (Lipinski definition) is 2. The van der Waals surface area contributed by atoms with Crippen LogP contribution in [-0.4, -0.2) is 46.9 Å². The Morgan fingerprint density at radius 2 is 2.00 bits per heavy atom. The van der Waals surface area contributed by atoms with Crippen LogP contribution in [0, 0.1) is 0 Å². The summed E-state index contributed by atoms with van der Waals surface area (Å²) in [6.07, 6.45) is 3.22. The van der Waals surface area contributed by atoms with Crippen LogP contribution >= 0.6 is 22.9 Å². The second-order valence-corrected chi connectivity index (χ2v) is 10.8. The van der Waals surface area contributed by atoms with Gasteiger partial charge in [0.1, 0.15) is 21.2 Å². The number of nitrogens with one attached hydrogen (secondary N) is 2. The number of anilines is 3. The van der Waals surface area contributed by atoms with Crippen molar-refractivity contribution in [3.8, 4) is 11.5 Å². The van der Waals surface area contributed by atoms with Crippen molar-refractivity contribution in [2.24, 2.45) is 0 Å². The van der Waals surface area contributed by atoms with E-state index in [9.17, 15) is 14.4 Å². The number of likely N-dealkylation sites (tertiary alicyclic amines) is 1. The molecule has 2 aromatic carbocycles. The predicted molar refractivity (Wildman–Crippen MR) is 151 cm³/mol. The van der Waals surface area contributed by atoms with E-state index in [2.05, 4.69) is 15.6 Å². The van der Waals surface area contributed by atoms with Crippen LogP contribution in [0.3, 0.4) is 0 Å². The van der Waals surface area contributed by atoms with Crippen LogP contribution < -0.4 is 20.3 Å². The number of aromatic nitrogens is 1. The van der Waals surface area contributed by atoms with Crippen molar-refractivity contribution in [3.63, 3.8) is 0 Å². The molecule has 39 heavy (non-hydrogen) atoms. The third-order valence-corrected chi connectivity index (χ3v) is 8.19. The van der Waals surface area contributed by atoms with Gasteiger partial charge in [-0.1, -0.05) is 29.8 Å². The van der Waals surface area contributed by atoms with Gasteiger partial charge in [0.2, 0.25) is 5.91 Å². The first-order chi connectivity index (χ1) is 18.9. The molecular weight excluding hydrogens is 538 g/mol. The maximum Gasteiger partial charge on any atom is 0.331 e. The number of para-hydroxylation sites is 1. The highest BCUT2D eigenvalue weighted by molar-refractivity contribution is 7.21. The summed E-state index contributed by atoms with van der Waals surface area (Å²) in [5, 5.41) is 6.97. The summed E-state index contributed by atoms with van der Waals surface area (Å²) in [5.74, 6) is 0.806. The van der Waals surface area contributed by atoms with E-state index < -0.39 is 6.03 Å². The van der Waals surface area contributed by atoms with E-state index >= 15 is 0 Å². The molecule has 2 aliphatic heterocycles. The summed E-state index contributed by atoms with van der Waals surface area (Å²) < 4.78 is 5.88. The monoisotopic (exact) mass is 561 g/mol. The minimum Gasteiger partial charge on any atom is -0.456 e. The van der Waals surface area contributed by atoms with Gasteiger partial charge in [-0.05, 0) is 49.2 Å². The third-order valence-electron chi connectivity index (χ3n) is 6.80. The minimum atomic E-state index is -0.421. The molecule has 9 nitrogen and oxygen atoms in total. The zero-order valence-corrected chi connectivity index (χ0v) is 22.5. The lowest BCUT2D eigenvalue weighted by Crippen LogP contribution is -2.49. The maximum absolute atomic E-state index is 13.4. The normalized spacial score (nSPS) is 16.7. The Kier molecular flexibility index (Phi) is 6.58. The van der Waals surface area contributed by atoms with Crippen molar-refractivity contribution >= 4 is 68.1 Å². The first kappa shape index (κ1) is 25.1. The van der Waals surface area contributed by atoms with Crippen LogP contribution in [0.1, 0.15) is 29.4 Å². The van der Waals surface area contributed by atoms with Crippen LogP contribution in [0.5, 0.6) is 11.5 Å². The molecule has 2 aliphatic rings. The maximum atomic E-state index is 13.4. The molecule has 0 spiro atoms. The molecule has 0 bridgehead atoms. The summed E-state index contributed by atoms with van der Waals surface area (Å²) >= 11 is 7.77. The van der Waals surface area contributed by atoms with E-state index in [4.69, 9.17) is 16.3 Å². The van der Waals surface area contributed by atoms with Gasteiger partial charge in [0.05, 0.1) is 27.5 Å². The van der Waals surface area contributed by atoms with Crippen LogP contribution in [0.15, 0.2) is 60.8 Å². The fourth-order valence-corrected chi connectivity index (χ4v) is 6.20. The number of pyridine rings is 1. The summed E-state index contributed by atoms with van der Waals surface area (Å²) in [7, 11) is 0. The first-order valence-electron chi connectivity index (χ1n) is 12.5. The third kappa shape index (κ3) is 4.77. The van der Waals surface area contributed by atoms with E-state index in [0.717, 1.165) is 12.8 Å². The number of carbonyl (C=O) groups is 3. The fourth-order valence-electron chi connectivity index (χ4n) is 4.96. The number of nitrogens with zero attached hydrogens (tertiary/aromatic N) is 3. The Hall–Kier alpha value is -4.15. The van der Waals surface area contributed by atoms with Gasteiger partial charge in [-0.25, -0.2) is 9.78 Å². The molecule has 11 heteroatoms. The van der Waals surface area contributed by atoms with Crippen LogP contribution in [-0.2, 0) is 4.79 Å². The van der Waals surface area contributed by atoms with Gasteiger partial charge in [0.25, 0.3) is 5.91 Å². The molecule has 2 aromatic heterocycles.